The number of anilines is 2. The summed E-state index contributed by atoms with van der Waals surface area (Å²) in [6.45, 7) is -0.157. The molecule has 1 amide bonds. The predicted molar refractivity (Wildman–Crippen MR) is 48.5 cm³/mol. The number of alkyl halides is 3. The van der Waals surface area contributed by atoms with Crippen LogP contribution >= 0.6 is 0 Å². The normalized spacial score (nSPS) is 15.1. The molecule has 0 saturated carbocycles. The molecule has 1 aromatic rings. The van der Waals surface area contributed by atoms with Crippen molar-refractivity contribution in [2.24, 2.45) is 0 Å². The van der Waals surface area contributed by atoms with Crippen LogP contribution in [0.4, 0.5) is 28.9 Å². The van der Waals surface area contributed by atoms with E-state index >= 15 is 0 Å². The van der Waals surface area contributed by atoms with Crippen molar-refractivity contribution in [3.8, 4) is 0 Å². The molecule has 1 aliphatic heterocycles. The van der Waals surface area contributed by atoms with Gasteiger partial charge >= 0.3 is 6.18 Å². The van der Waals surface area contributed by atoms with Gasteiger partial charge in [-0.2, -0.15) is 13.2 Å². The van der Waals surface area contributed by atoms with Crippen LogP contribution < -0.4 is 10.6 Å². The molecule has 0 unspecified atom stereocenters. The molecule has 2 rings (SSSR count). The highest BCUT2D eigenvalue weighted by atomic mass is 19.4. The SMILES string of the molecule is O=C1CNc2c(F)cc(C(F)(F)F)cc2N1. The molecule has 1 aromatic carbocycles. The number of hydrogen-bond donors (Lipinski definition) is 2. The summed E-state index contributed by atoms with van der Waals surface area (Å²) in [5.41, 5.74) is -1.44. The highest BCUT2D eigenvalue weighted by molar-refractivity contribution is 6.00. The van der Waals surface area contributed by atoms with Crippen LogP contribution in [0.1, 0.15) is 5.56 Å². The first kappa shape index (κ1) is 10.7. The van der Waals surface area contributed by atoms with Gasteiger partial charge in [-0.15, -0.1) is 0 Å². The van der Waals surface area contributed by atoms with E-state index in [4.69, 9.17) is 0 Å². The molecule has 0 aromatic heterocycles. The van der Waals surface area contributed by atoms with Crippen LogP contribution in [0.25, 0.3) is 0 Å². The van der Waals surface area contributed by atoms with E-state index in [1.165, 1.54) is 0 Å². The lowest BCUT2D eigenvalue weighted by Gasteiger charge is -2.20. The van der Waals surface area contributed by atoms with Gasteiger partial charge in [0, 0.05) is 0 Å². The van der Waals surface area contributed by atoms with E-state index < -0.39 is 23.5 Å². The van der Waals surface area contributed by atoms with E-state index in [0.717, 1.165) is 0 Å². The molecule has 0 saturated heterocycles. The molecule has 0 radical (unpaired) electrons. The van der Waals surface area contributed by atoms with E-state index in [1.54, 1.807) is 0 Å². The minimum Gasteiger partial charge on any atom is -0.372 e. The summed E-state index contributed by atoms with van der Waals surface area (Å²) in [7, 11) is 0. The minimum absolute atomic E-state index is 0.118. The summed E-state index contributed by atoms with van der Waals surface area (Å²) in [4.78, 5) is 10.9. The third kappa shape index (κ3) is 1.80. The quantitative estimate of drug-likeness (QED) is 0.676. The van der Waals surface area contributed by atoms with E-state index in [0.29, 0.717) is 12.1 Å². The number of nitrogens with one attached hydrogen (secondary N) is 2. The zero-order valence-electron chi connectivity index (χ0n) is 7.78. The molecule has 3 nitrogen and oxygen atoms in total. The molecule has 2 N–H and O–H groups in total. The van der Waals surface area contributed by atoms with Gasteiger partial charge in [-0.1, -0.05) is 0 Å². The first-order valence-corrected chi connectivity index (χ1v) is 4.32. The monoisotopic (exact) mass is 234 g/mol. The maximum atomic E-state index is 13.3. The lowest BCUT2D eigenvalue weighted by molar-refractivity contribution is -0.137. The molecule has 16 heavy (non-hydrogen) atoms. The van der Waals surface area contributed by atoms with Gasteiger partial charge in [-0.25, -0.2) is 4.39 Å². The smallest absolute Gasteiger partial charge is 0.372 e. The highest BCUT2D eigenvalue weighted by Gasteiger charge is 2.33. The van der Waals surface area contributed by atoms with Gasteiger partial charge in [0.2, 0.25) is 5.91 Å². The summed E-state index contributed by atoms with van der Waals surface area (Å²) in [5.74, 6) is -1.55. The van der Waals surface area contributed by atoms with Gasteiger partial charge in [-0.05, 0) is 12.1 Å². The number of carbonyl (C=O) groups is 1. The Kier molecular flexibility index (Phi) is 2.25. The number of fused-ring (bicyclic) bond motifs is 1. The predicted octanol–water partition coefficient (Wildman–Crippen LogP) is 2.21. The first-order valence-electron chi connectivity index (χ1n) is 4.32. The van der Waals surface area contributed by atoms with Crippen molar-refractivity contribution in [1.29, 1.82) is 0 Å². The Hall–Kier alpha value is -1.79. The van der Waals surface area contributed by atoms with Gasteiger partial charge in [0.15, 0.2) is 0 Å². The highest BCUT2D eigenvalue weighted by Crippen LogP contribution is 2.36. The van der Waals surface area contributed by atoms with Crippen LogP contribution in [0.2, 0.25) is 0 Å². The summed E-state index contributed by atoms with van der Waals surface area (Å²) in [6, 6.07) is 1.09. The van der Waals surface area contributed by atoms with Crippen LogP contribution in [0.3, 0.4) is 0 Å². The Labute approximate surface area is 87.4 Å². The van der Waals surface area contributed by atoms with E-state index in [-0.39, 0.29) is 17.9 Å². The summed E-state index contributed by atoms with van der Waals surface area (Å²) >= 11 is 0. The zero-order chi connectivity index (χ0) is 11.9. The Morgan fingerprint density at radius 1 is 1.25 bits per heavy atom. The number of carbonyl (C=O) groups excluding carboxylic acids is 1. The summed E-state index contributed by atoms with van der Waals surface area (Å²) < 4.78 is 50.3. The fourth-order valence-corrected chi connectivity index (χ4v) is 1.41. The second-order valence-corrected chi connectivity index (χ2v) is 3.28. The van der Waals surface area contributed by atoms with Crippen molar-refractivity contribution >= 4 is 17.3 Å². The number of amides is 1. The zero-order valence-corrected chi connectivity index (χ0v) is 7.78. The molecule has 0 spiro atoms. The van der Waals surface area contributed by atoms with E-state index in [9.17, 15) is 22.4 Å². The molecule has 1 heterocycles. The molecule has 1 aliphatic rings. The second kappa shape index (κ2) is 3.36. The van der Waals surface area contributed by atoms with Crippen LogP contribution in [-0.4, -0.2) is 12.5 Å². The third-order valence-electron chi connectivity index (χ3n) is 2.12. The number of halogens is 4. The number of benzene rings is 1. The molecule has 7 heteroatoms. The van der Waals surface area contributed by atoms with Gasteiger partial charge in [0.05, 0.1) is 23.5 Å². The average Bonchev–Trinajstić information content (AvgIpc) is 2.15. The van der Waals surface area contributed by atoms with Crippen LogP contribution in [0.15, 0.2) is 12.1 Å². The Bertz CT molecular complexity index is 456. The molecular formula is C9H6F4N2O. The van der Waals surface area contributed by atoms with Crippen LogP contribution in [0, 0.1) is 5.82 Å². The van der Waals surface area contributed by atoms with Crippen LogP contribution in [-0.2, 0) is 11.0 Å². The van der Waals surface area contributed by atoms with Crippen molar-refractivity contribution in [2.75, 3.05) is 17.2 Å². The topological polar surface area (TPSA) is 41.1 Å². The number of rotatable bonds is 0. The largest absolute Gasteiger partial charge is 0.416 e. The molecule has 0 atom stereocenters. The second-order valence-electron chi connectivity index (χ2n) is 3.28. The maximum Gasteiger partial charge on any atom is 0.416 e. The average molecular weight is 234 g/mol. The standard InChI is InChI=1S/C9H6F4N2O/c10-5-1-4(9(11,12)13)2-6-8(5)14-3-7(16)15-6/h1-2,14H,3H2,(H,15,16). The molecule has 0 aliphatic carbocycles. The lowest BCUT2D eigenvalue weighted by Crippen LogP contribution is -2.28. The van der Waals surface area contributed by atoms with Crippen molar-refractivity contribution in [3.05, 3.63) is 23.5 Å². The van der Waals surface area contributed by atoms with Gasteiger partial charge in [0.1, 0.15) is 5.82 Å². The van der Waals surface area contributed by atoms with Gasteiger partial charge in [0.25, 0.3) is 0 Å². The third-order valence-corrected chi connectivity index (χ3v) is 2.12. The fraction of sp³-hybridized carbons (Fsp3) is 0.222. The summed E-state index contributed by atoms with van der Waals surface area (Å²) in [5, 5.41) is 4.58. The van der Waals surface area contributed by atoms with Gasteiger partial charge < -0.3 is 10.6 Å². The summed E-state index contributed by atoms with van der Waals surface area (Å²) in [6.07, 6.45) is -4.64. The minimum atomic E-state index is -4.64. The first-order chi connectivity index (χ1) is 7.38. The lowest BCUT2D eigenvalue weighted by atomic mass is 10.1. The van der Waals surface area contributed by atoms with E-state index in [2.05, 4.69) is 10.6 Å². The van der Waals surface area contributed by atoms with Gasteiger partial charge in [-0.3, -0.25) is 4.79 Å². The fourth-order valence-electron chi connectivity index (χ4n) is 1.41. The van der Waals surface area contributed by atoms with Crippen molar-refractivity contribution in [2.45, 2.75) is 6.18 Å². The van der Waals surface area contributed by atoms with Crippen molar-refractivity contribution in [1.82, 2.24) is 0 Å². The molecule has 0 bridgehead atoms. The van der Waals surface area contributed by atoms with Crippen LogP contribution in [0.5, 0.6) is 0 Å². The Morgan fingerprint density at radius 3 is 2.56 bits per heavy atom. The van der Waals surface area contributed by atoms with Crippen molar-refractivity contribution in [3.63, 3.8) is 0 Å². The molecular weight excluding hydrogens is 228 g/mol. The Morgan fingerprint density at radius 2 is 1.94 bits per heavy atom. The molecule has 86 valence electrons. The van der Waals surface area contributed by atoms with Crippen molar-refractivity contribution < 1.29 is 22.4 Å². The Balaban J connectivity index is 2.52. The molecule has 0 fully saturated rings. The number of hydrogen-bond acceptors (Lipinski definition) is 2. The maximum absolute atomic E-state index is 13.3. The van der Waals surface area contributed by atoms with E-state index in [1.807, 2.05) is 0 Å².